The summed E-state index contributed by atoms with van der Waals surface area (Å²) >= 11 is 18.5. The Morgan fingerprint density at radius 2 is 1.89 bits per heavy atom. The Morgan fingerprint density at radius 3 is 2.61 bits per heavy atom. The van der Waals surface area contributed by atoms with Gasteiger partial charge in [0.15, 0.2) is 5.82 Å². The summed E-state index contributed by atoms with van der Waals surface area (Å²) in [5, 5.41) is 14.2. The molecular formula is C17H16Cl3N7O. The van der Waals surface area contributed by atoms with Gasteiger partial charge in [0.2, 0.25) is 11.9 Å². The highest BCUT2D eigenvalue weighted by Gasteiger charge is 2.10. The maximum absolute atomic E-state index is 11.4. The van der Waals surface area contributed by atoms with Gasteiger partial charge in [0.05, 0.1) is 18.1 Å². The van der Waals surface area contributed by atoms with E-state index in [9.17, 15) is 4.79 Å². The van der Waals surface area contributed by atoms with Crippen molar-refractivity contribution in [2.45, 2.75) is 13.1 Å². The summed E-state index contributed by atoms with van der Waals surface area (Å²) in [6, 6.07) is 5.29. The first kappa shape index (κ1) is 20.2. The predicted octanol–water partition coefficient (Wildman–Crippen LogP) is 3.74. The van der Waals surface area contributed by atoms with Crippen molar-refractivity contribution in [3.05, 3.63) is 57.4 Å². The molecule has 11 heteroatoms. The molecule has 28 heavy (non-hydrogen) atoms. The van der Waals surface area contributed by atoms with E-state index in [0.717, 1.165) is 5.56 Å². The van der Waals surface area contributed by atoms with Gasteiger partial charge in [-0.05, 0) is 12.1 Å². The highest BCUT2D eigenvalue weighted by Crippen LogP contribution is 2.27. The largest absolute Gasteiger partial charge is 0.364 e. The summed E-state index contributed by atoms with van der Waals surface area (Å²) in [4.78, 5) is 19.9. The molecule has 0 saturated carbocycles. The molecule has 3 aromatic rings. The average molecular weight is 441 g/mol. The van der Waals surface area contributed by atoms with Gasteiger partial charge < -0.3 is 16.0 Å². The zero-order chi connectivity index (χ0) is 20.1. The van der Waals surface area contributed by atoms with E-state index in [2.05, 4.69) is 31.0 Å². The SMILES string of the molecule is CNC(=O)Cn1cc(Nc2ncc(Cl)c(NCc3c(Cl)cccc3Cl)n2)cn1. The van der Waals surface area contributed by atoms with Crippen LogP contribution in [-0.2, 0) is 17.9 Å². The molecule has 1 amide bonds. The van der Waals surface area contributed by atoms with E-state index in [1.807, 2.05) is 0 Å². The van der Waals surface area contributed by atoms with Crippen LogP contribution in [0.2, 0.25) is 15.1 Å². The van der Waals surface area contributed by atoms with Crippen LogP contribution in [0, 0.1) is 0 Å². The summed E-state index contributed by atoms with van der Waals surface area (Å²) in [5.41, 5.74) is 1.37. The average Bonchev–Trinajstić information content (AvgIpc) is 3.10. The van der Waals surface area contributed by atoms with Crippen molar-refractivity contribution in [1.82, 2.24) is 25.1 Å². The molecule has 1 aromatic carbocycles. The molecule has 0 saturated heterocycles. The molecule has 2 aromatic heterocycles. The number of carbonyl (C=O) groups is 1. The van der Waals surface area contributed by atoms with Gasteiger partial charge in [0.25, 0.3) is 0 Å². The lowest BCUT2D eigenvalue weighted by Gasteiger charge is -2.11. The number of aromatic nitrogens is 4. The predicted molar refractivity (Wildman–Crippen MR) is 110 cm³/mol. The highest BCUT2D eigenvalue weighted by molar-refractivity contribution is 6.36. The molecule has 2 heterocycles. The normalized spacial score (nSPS) is 10.6. The van der Waals surface area contributed by atoms with E-state index in [1.54, 1.807) is 37.6 Å². The van der Waals surface area contributed by atoms with Gasteiger partial charge in [0.1, 0.15) is 11.6 Å². The number of nitrogens with one attached hydrogen (secondary N) is 3. The summed E-state index contributed by atoms with van der Waals surface area (Å²) < 4.78 is 1.50. The third kappa shape index (κ3) is 5.03. The van der Waals surface area contributed by atoms with E-state index in [-0.39, 0.29) is 12.5 Å². The van der Waals surface area contributed by atoms with Crippen LogP contribution in [0.1, 0.15) is 5.56 Å². The number of nitrogens with zero attached hydrogens (tertiary/aromatic N) is 4. The molecule has 0 radical (unpaired) electrons. The molecule has 3 rings (SSSR count). The molecule has 146 valence electrons. The molecule has 0 fully saturated rings. The van der Waals surface area contributed by atoms with Crippen LogP contribution >= 0.6 is 34.8 Å². The Morgan fingerprint density at radius 1 is 1.14 bits per heavy atom. The standard InChI is InChI=1S/C17H16Cl3N7O/c1-21-15(28)9-27-8-10(5-24-27)25-17-23-7-14(20)16(26-17)22-6-11-12(18)3-2-4-13(11)19/h2-5,7-8H,6,9H2,1H3,(H,21,28)(H2,22,23,25,26). The van der Waals surface area contributed by atoms with Crippen LogP contribution in [0.25, 0.3) is 0 Å². The van der Waals surface area contributed by atoms with Crippen LogP contribution in [0.3, 0.4) is 0 Å². The summed E-state index contributed by atoms with van der Waals surface area (Å²) in [5.74, 6) is 0.590. The van der Waals surface area contributed by atoms with E-state index in [0.29, 0.717) is 39.1 Å². The van der Waals surface area contributed by atoms with Gasteiger partial charge >= 0.3 is 0 Å². The maximum atomic E-state index is 11.4. The minimum Gasteiger partial charge on any atom is -0.364 e. The second kappa shape index (κ2) is 9.09. The third-order valence-electron chi connectivity index (χ3n) is 3.71. The molecule has 8 nitrogen and oxygen atoms in total. The fraction of sp³-hybridized carbons (Fsp3) is 0.176. The second-order valence-electron chi connectivity index (χ2n) is 5.67. The number of amides is 1. The first-order valence-corrected chi connectivity index (χ1v) is 9.29. The van der Waals surface area contributed by atoms with Crippen molar-refractivity contribution >= 4 is 58.2 Å². The molecule has 0 aliphatic rings. The third-order valence-corrected chi connectivity index (χ3v) is 4.70. The number of hydrogen-bond donors (Lipinski definition) is 3. The lowest BCUT2D eigenvalue weighted by atomic mass is 10.2. The number of benzene rings is 1. The summed E-state index contributed by atoms with van der Waals surface area (Å²) in [6.45, 7) is 0.462. The minimum absolute atomic E-state index is 0.116. The van der Waals surface area contributed by atoms with Gasteiger partial charge in [-0.3, -0.25) is 9.48 Å². The molecule has 0 unspecified atom stereocenters. The Labute approximate surface area is 176 Å². The van der Waals surface area contributed by atoms with Crippen molar-refractivity contribution in [1.29, 1.82) is 0 Å². The van der Waals surface area contributed by atoms with E-state index in [1.165, 1.54) is 10.9 Å². The van der Waals surface area contributed by atoms with E-state index >= 15 is 0 Å². The van der Waals surface area contributed by atoms with Crippen molar-refractivity contribution in [3.8, 4) is 0 Å². The summed E-state index contributed by atoms with van der Waals surface area (Å²) in [6.07, 6.45) is 4.71. The van der Waals surface area contributed by atoms with Crippen molar-refractivity contribution in [3.63, 3.8) is 0 Å². The molecule has 0 spiro atoms. The smallest absolute Gasteiger partial charge is 0.241 e. The molecule has 3 N–H and O–H groups in total. The number of anilines is 3. The van der Waals surface area contributed by atoms with Crippen LogP contribution < -0.4 is 16.0 Å². The number of rotatable bonds is 7. The first-order chi connectivity index (χ1) is 13.5. The van der Waals surface area contributed by atoms with Crippen LogP contribution in [0.15, 0.2) is 36.8 Å². The van der Waals surface area contributed by atoms with Gasteiger partial charge in [-0.1, -0.05) is 40.9 Å². The van der Waals surface area contributed by atoms with E-state index < -0.39 is 0 Å². The second-order valence-corrected chi connectivity index (χ2v) is 6.89. The Bertz CT molecular complexity index is 972. The fourth-order valence-corrected chi connectivity index (χ4v) is 2.98. The number of likely N-dealkylation sites (N-methyl/N-ethyl adjacent to an activating group) is 1. The molecule has 0 bridgehead atoms. The maximum Gasteiger partial charge on any atom is 0.241 e. The number of halogens is 3. The van der Waals surface area contributed by atoms with E-state index in [4.69, 9.17) is 34.8 Å². The monoisotopic (exact) mass is 439 g/mol. The van der Waals surface area contributed by atoms with Crippen molar-refractivity contribution < 1.29 is 4.79 Å². The first-order valence-electron chi connectivity index (χ1n) is 8.15. The minimum atomic E-state index is -0.151. The molecule has 0 atom stereocenters. The van der Waals surface area contributed by atoms with Gasteiger partial charge in [-0.15, -0.1) is 0 Å². The highest BCUT2D eigenvalue weighted by atomic mass is 35.5. The van der Waals surface area contributed by atoms with Gasteiger partial charge in [-0.2, -0.15) is 10.1 Å². The number of hydrogen-bond acceptors (Lipinski definition) is 6. The van der Waals surface area contributed by atoms with Crippen LogP contribution in [0.5, 0.6) is 0 Å². The fourth-order valence-electron chi connectivity index (χ4n) is 2.29. The Kier molecular flexibility index (Phi) is 6.56. The zero-order valence-corrected chi connectivity index (χ0v) is 17.0. The quantitative estimate of drug-likeness (QED) is 0.518. The molecular weight excluding hydrogens is 425 g/mol. The van der Waals surface area contributed by atoms with Crippen LogP contribution in [-0.4, -0.2) is 32.7 Å². The van der Waals surface area contributed by atoms with Crippen molar-refractivity contribution in [2.75, 3.05) is 17.7 Å². The Hall–Kier alpha value is -2.55. The van der Waals surface area contributed by atoms with Gasteiger partial charge in [0, 0.05) is 35.4 Å². The molecule has 0 aliphatic heterocycles. The lowest BCUT2D eigenvalue weighted by molar-refractivity contribution is -0.121. The zero-order valence-electron chi connectivity index (χ0n) is 14.7. The van der Waals surface area contributed by atoms with Crippen LogP contribution in [0.4, 0.5) is 17.5 Å². The lowest BCUT2D eigenvalue weighted by Crippen LogP contribution is -2.23. The topological polar surface area (TPSA) is 96.8 Å². The summed E-state index contributed by atoms with van der Waals surface area (Å²) in [7, 11) is 1.57. The molecule has 0 aliphatic carbocycles. The van der Waals surface area contributed by atoms with Gasteiger partial charge in [-0.25, -0.2) is 4.98 Å². The van der Waals surface area contributed by atoms with Crippen molar-refractivity contribution in [2.24, 2.45) is 0 Å². The Balaban J connectivity index is 1.70. The number of carbonyl (C=O) groups excluding carboxylic acids is 1.